The van der Waals surface area contributed by atoms with Crippen molar-refractivity contribution in [2.24, 2.45) is 0 Å². The Morgan fingerprint density at radius 3 is 2.88 bits per heavy atom. The van der Waals surface area contributed by atoms with Crippen LogP contribution in [0.25, 0.3) is 0 Å². The average Bonchev–Trinajstić information content (AvgIpc) is 3.02. The normalized spacial score (nSPS) is 30.2. The number of carbonyl (C=O) groups excluding carboxylic acids is 1. The van der Waals surface area contributed by atoms with Crippen molar-refractivity contribution < 1.29 is 4.79 Å². The van der Waals surface area contributed by atoms with E-state index in [1.54, 1.807) is 5.56 Å². The van der Waals surface area contributed by atoms with Crippen LogP contribution in [-0.2, 0) is 0 Å². The van der Waals surface area contributed by atoms with E-state index in [1.165, 1.54) is 17.7 Å². The van der Waals surface area contributed by atoms with Crippen molar-refractivity contribution in [2.45, 2.75) is 50.6 Å². The number of hydrogen-bond donors (Lipinski definition) is 2. The van der Waals surface area contributed by atoms with Crippen LogP contribution in [0.3, 0.4) is 0 Å². The molecule has 1 saturated heterocycles. The molecule has 3 aliphatic rings. The lowest BCUT2D eigenvalue weighted by Gasteiger charge is -2.47. The molecule has 0 saturated carbocycles. The number of nitrogens with one attached hydrogen (secondary N) is 2. The van der Waals surface area contributed by atoms with Crippen molar-refractivity contribution in [2.75, 3.05) is 38.5 Å². The zero-order chi connectivity index (χ0) is 17.6. The van der Waals surface area contributed by atoms with Gasteiger partial charge in [-0.3, -0.25) is 0 Å². The minimum atomic E-state index is 0.0792. The van der Waals surface area contributed by atoms with Crippen LogP contribution >= 0.6 is 0 Å². The molecule has 2 unspecified atom stereocenters. The van der Waals surface area contributed by atoms with Crippen molar-refractivity contribution in [3.05, 3.63) is 29.3 Å². The van der Waals surface area contributed by atoms with Gasteiger partial charge in [0, 0.05) is 55.8 Å². The minimum Gasteiger partial charge on any atom is -0.384 e. The van der Waals surface area contributed by atoms with E-state index in [-0.39, 0.29) is 12.1 Å². The van der Waals surface area contributed by atoms with Crippen molar-refractivity contribution in [3.63, 3.8) is 0 Å². The fourth-order valence-corrected chi connectivity index (χ4v) is 5.23. The van der Waals surface area contributed by atoms with Crippen LogP contribution in [-0.4, -0.2) is 61.1 Å². The zero-order valence-electron chi connectivity index (χ0n) is 15.6. The third-order valence-corrected chi connectivity index (χ3v) is 6.47. The number of urea groups is 1. The predicted molar refractivity (Wildman–Crippen MR) is 101 cm³/mol. The number of carbonyl (C=O) groups is 1. The summed E-state index contributed by atoms with van der Waals surface area (Å²) in [5.74, 6) is 1.17. The van der Waals surface area contributed by atoms with Crippen LogP contribution in [0.2, 0.25) is 0 Å². The lowest BCUT2D eigenvalue weighted by molar-refractivity contribution is 0.108. The molecule has 2 amide bonds. The molecule has 1 fully saturated rings. The van der Waals surface area contributed by atoms with Crippen molar-refractivity contribution in [1.29, 1.82) is 0 Å². The molecule has 0 bridgehead atoms. The van der Waals surface area contributed by atoms with Crippen LogP contribution in [0.15, 0.2) is 18.2 Å². The summed E-state index contributed by atoms with van der Waals surface area (Å²) in [5.41, 5.74) is 4.39. The number of benzene rings is 1. The standard InChI is InChI=1S/C20H30N4O/c1-4-24(5-2)20(25)22-14-10-16-15-7-6-8-17-19(15)13(11-21-17)9-18(16)23(3)12-14/h6-8,13-14,16,18,21H,4-5,9-12H2,1-3H3,(H,22,25)/t13?,14-,16?,18-/m1/s1. The number of amides is 2. The number of fused-ring (bicyclic) bond motifs is 2. The molecule has 1 aromatic carbocycles. The number of nitrogens with zero attached hydrogens (tertiary/aromatic N) is 2. The lowest BCUT2D eigenvalue weighted by atomic mass is 9.70. The van der Waals surface area contributed by atoms with Gasteiger partial charge in [-0.1, -0.05) is 12.1 Å². The summed E-state index contributed by atoms with van der Waals surface area (Å²) in [4.78, 5) is 16.8. The van der Waals surface area contributed by atoms with E-state index in [0.29, 0.717) is 17.9 Å². The first-order valence-electron chi connectivity index (χ1n) is 9.74. The van der Waals surface area contributed by atoms with E-state index in [0.717, 1.165) is 32.6 Å². The fourth-order valence-electron chi connectivity index (χ4n) is 5.23. The molecular formula is C20H30N4O. The van der Waals surface area contributed by atoms with Gasteiger partial charge in [-0.05, 0) is 50.9 Å². The summed E-state index contributed by atoms with van der Waals surface area (Å²) in [6.45, 7) is 7.61. The highest BCUT2D eigenvalue weighted by Crippen LogP contribution is 2.49. The van der Waals surface area contributed by atoms with Gasteiger partial charge >= 0.3 is 6.03 Å². The first kappa shape index (κ1) is 16.7. The number of likely N-dealkylation sites (tertiary alicyclic amines) is 1. The molecule has 0 aromatic heterocycles. The second-order valence-corrected chi connectivity index (χ2v) is 7.79. The van der Waals surface area contributed by atoms with Gasteiger partial charge in [-0.15, -0.1) is 0 Å². The molecule has 2 aliphatic heterocycles. The second kappa shape index (κ2) is 6.52. The number of piperidine rings is 1. The Morgan fingerprint density at radius 1 is 1.32 bits per heavy atom. The Bertz CT molecular complexity index is 657. The van der Waals surface area contributed by atoms with Crippen molar-refractivity contribution in [1.82, 2.24) is 15.1 Å². The maximum absolute atomic E-state index is 12.5. The Hall–Kier alpha value is -1.75. The highest BCUT2D eigenvalue weighted by Gasteiger charge is 2.44. The van der Waals surface area contributed by atoms with Crippen LogP contribution < -0.4 is 10.6 Å². The van der Waals surface area contributed by atoms with Crippen LogP contribution in [0.5, 0.6) is 0 Å². The maximum Gasteiger partial charge on any atom is 0.317 e. The molecular weight excluding hydrogens is 312 g/mol. The predicted octanol–water partition coefficient (Wildman–Crippen LogP) is 2.81. The first-order valence-corrected chi connectivity index (χ1v) is 9.74. The van der Waals surface area contributed by atoms with Gasteiger partial charge in [0.25, 0.3) is 0 Å². The van der Waals surface area contributed by atoms with Crippen LogP contribution in [0.4, 0.5) is 10.5 Å². The average molecular weight is 342 g/mol. The highest BCUT2D eigenvalue weighted by molar-refractivity contribution is 5.74. The molecule has 136 valence electrons. The summed E-state index contributed by atoms with van der Waals surface area (Å²) < 4.78 is 0. The monoisotopic (exact) mass is 342 g/mol. The van der Waals surface area contributed by atoms with Gasteiger partial charge in [0.1, 0.15) is 0 Å². The smallest absolute Gasteiger partial charge is 0.317 e. The zero-order valence-corrected chi connectivity index (χ0v) is 15.6. The summed E-state index contributed by atoms with van der Waals surface area (Å²) in [6.07, 6.45) is 2.28. The minimum absolute atomic E-state index is 0.0792. The van der Waals surface area contributed by atoms with E-state index in [4.69, 9.17) is 0 Å². The van der Waals surface area contributed by atoms with Gasteiger partial charge in [0.05, 0.1) is 0 Å². The van der Waals surface area contributed by atoms with E-state index in [1.807, 2.05) is 18.7 Å². The Morgan fingerprint density at radius 2 is 2.12 bits per heavy atom. The first-order chi connectivity index (χ1) is 12.1. The molecule has 2 heterocycles. The number of anilines is 1. The summed E-state index contributed by atoms with van der Waals surface area (Å²) in [7, 11) is 2.23. The fraction of sp³-hybridized carbons (Fsp3) is 0.650. The third-order valence-electron chi connectivity index (χ3n) is 6.47. The number of likely N-dealkylation sites (N-methyl/N-ethyl adjacent to an activating group) is 1. The molecule has 1 aliphatic carbocycles. The number of hydrogen-bond acceptors (Lipinski definition) is 3. The quantitative estimate of drug-likeness (QED) is 0.888. The van der Waals surface area contributed by atoms with E-state index in [9.17, 15) is 4.79 Å². The van der Waals surface area contributed by atoms with Crippen LogP contribution in [0, 0.1) is 0 Å². The van der Waals surface area contributed by atoms with E-state index >= 15 is 0 Å². The number of rotatable bonds is 3. The SMILES string of the molecule is CCN(CC)C(=O)N[C@@H]1CC2c3cccc4c3C(CN4)C[C@H]2N(C)C1. The van der Waals surface area contributed by atoms with E-state index < -0.39 is 0 Å². The molecule has 5 heteroatoms. The second-order valence-electron chi connectivity index (χ2n) is 7.79. The van der Waals surface area contributed by atoms with Crippen molar-refractivity contribution >= 4 is 11.7 Å². The molecule has 0 radical (unpaired) electrons. The van der Waals surface area contributed by atoms with Gasteiger partial charge in [0.2, 0.25) is 0 Å². The molecule has 5 nitrogen and oxygen atoms in total. The summed E-state index contributed by atoms with van der Waals surface area (Å²) in [5, 5.41) is 6.87. The Balaban J connectivity index is 1.56. The van der Waals surface area contributed by atoms with Gasteiger partial charge in [-0.2, -0.15) is 0 Å². The highest BCUT2D eigenvalue weighted by atomic mass is 16.2. The molecule has 4 atom stereocenters. The van der Waals surface area contributed by atoms with E-state index in [2.05, 4.69) is 40.8 Å². The molecule has 0 spiro atoms. The maximum atomic E-state index is 12.5. The van der Waals surface area contributed by atoms with Gasteiger partial charge in [0.15, 0.2) is 0 Å². The van der Waals surface area contributed by atoms with Crippen LogP contribution in [0.1, 0.15) is 49.7 Å². The molecule has 4 rings (SSSR count). The van der Waals surface area contributed by atoms with Crippen molar-refractivity contribution in [3.8, 4) is 0 Å². The molecule has 2 N–H and O–H groups in total. The summed E-state index contributed by atoms with van der Waals surface area (Å²) in [6, 6.07) is 7.61. The topological polar surface area (TPSA) is 47.6 Å². The van der Waals surface area contributed by atoms with Gasteiger partial charge < -0.3 is 20.4 Å². The van der Waals surface area contributed by atoms with Gasteiger partial charge in [-0.25, -0.2) is 4.79 Å². The molecule has 25 heavy (non-hydrogen) atoms. The third kappa shape index (κ3) is 2.78. The summed E-state index contributed by atoms with van der Waals surface area (Å²) >= 11 is 0. The largest absolute Gasteiger partial charge is 0.384 e. The Kier molecular flexibility index (Phi) is 4.36. The Labute approximate surface area is 150 Å². The lowest BCUT2D eigenvalue weighted by Crippen LogP contribution is -2.56. The molecule has 1 aromatic rings.